The first kappa shape index (κ1) is 13.2. The van der Waals surface area contributed by atoms with Crippen LogP contribution in [0.1, 0.15) is 40.0 Å². The summed E-state index contributed by atoms with van der Waals surface area (Å²) in [5.41, 5.74) is 0.506. The van der Waals surface area contributed by atoms with E-state index in [4.69, 9.17) is 5.11 Å². The maximum Gasteiger partial charge on any atom is 0.331 e. The number of carboxylic acid groups (broad SMARTS) is 1. The summed E-state index contributed by atoms with van der Waals surface area (Å²) in [6, 6.07) is 0.554. The van der Waals surface area contributed by atoms with Gasteiger partial charge in [0.2, 0.25) is 0 Å². The van der Waals surface area contributed by atoms with Crippen LogP contribution in [-0.2, 0) is 4.79 Å². The van der Waals surface area contributed by atoms with E-state index in [1.54, 1.807) is 6.08 Å². The van der Waals surface area contributed by atoms with Crippen LogP contribution in [0.5, 0.6) is 0 Å². The van der Waals surface area contributed by atoms with Crippen molar-refractivity contribution < 1.29 is 9.90 Å². The van der Waals surface area contributed by atoms with Gasteiger partial charge < -0.3 is 10.4 Å². The lowest BCUT2D eigenvalue weighted by Crippen LogP contribution is -2.32. The number of carboxylic acids is 1. The highest BCUT2D eigenvalue weighted by Crippen LogP contribution is 2.30. The average molecular weight is 225 g/mol. The molecule has 16 heavy (non-hydrogen) atoms. The van der Waals surface area contributed by atoms with E-state index in [0.29, 0.717) is 30.5 Å². The summed E-state index contributed by atoms with van der Waals surface area (Å²) in [5.74, 6) is 0.687. The monoisotopic (exact) mass is 225 g/mol. The van der Waals surface area contributed by atoms with Gasteiger partial charge >= 0.3 is 5.97 Å². The van der Waals surface area contributed by atoms with Crippen LogP contribution in [-0.4, -0.2) is 23.7 Å². The van der Waals surface area contributed by atoms with Crippen LogP contribution in [0.15, 0.2) is 11.6 Å². The minimum absolute atomic E-state index is 0.506. The maximum atomic E-state index is 10.8. The van der Waals surface area contributed by atoms with Crippen LogP contribution in [0.4, 0.5) is 0 Å². The lowest BCUT2D eigenvalue weighted by atomic mass is 9.98. The van der Waals surface area contributed by atoms with Crippen molar-refractivity contribution in [3.8, 4) is 0 Å². The molecule has 3 nitrogen and oxygen atoms in total. The third kappa shape index (κ3) is 3.34. The van der Waals surface area contributed by atoms with Crippen LogP contribution in [0, 0.1) is 11.8 Å². The average Bonchev–Trinajstić information content (AvgIpc) is 2.55. The zero-order valence-corrected chi connectivity index (χ0v) is 10.5. The SMILES string of the molecule is CCC(=CCNC1CCC(C)C1C)C(=O)O. The van der Waals surface area contributed by atoms with Crippen molar-refractivity contribution >= 4 is 5.97 Å². The summed E-state index contributed by atoms with van der Waals surface area (Å²) in [6.45, 7) is 7.12. The Morgan fingerprint density at radius 3 is 2.56 bits per heavy atom. The molecule has 2 N–H and O–H groups in total. The van der Waals surface area contributed by atoms with Crippen LogP contribution < -0.4 is 5.32 Å². The Balaban J connectivity index is 2.38. The molecule has 1 fully saturated rings. The lowest BCUT2D eigenvalue weighted by molar-refractivity contribution is -0.132. The van der Waals surface area contributed by atoms with E-state index >= 15 is 0 Å². The molecule has 1 aliphatic carbocycles. The molecule has 0 bridgehead atoms. The molecule has 0 aliphatic heterocycles. The fourth-order valence-corrected chi connectivity index (χ4v) is 2.37. The molecule has 92 valence electrons. The summed E-state index contributed by atoms with van der Waals surface area (Å²) in [6.07, 6.45) is 4.89. The van der Waals surface area contributed by atoms with Gasteiger partial charge in [-0.15, -0.1) is 0 Å². The zero-order chi connectivity index (χ0) is 12.1. The molecule has 0 aromatic heterocycles. The Kier molecular flexibility index (Phi) is 5.00. The van der Waals surface area contributed by atoms with Gasteiger partial charge in [-0.25, -0.2) is 4.79 Å². The van der Waals surface area contributed by atoms with Crippen LogP contribution >= 0.6 is 0 Å². The molecule has 1 aliphatic rings. The molecule has 0 spiro atoms. The van der Waals surface area contributed by atoms with Crippen molar-refractivity contribution in [2.24, 2.45) is 11.8 Å². The van der Waals surface area contributed by atoms with Gasteiger partial charge in [-0.05, 0) is 31.1 Å². The van der Waals surface area contributed by atoms with E-state index in [0.717, 1.165) is 5.92 Å². The van der Waals surface area contributed by atoms with Gasteiger partial charge in [-0.1, -0.05) is 26.8 Å². The van der Waals surface area contributed by atoms with Crippen molar-refractivity contribution in [3.63, 3.8) is 0 Å². The first-order chi connectivity index (χ1) is 7.56. The Morgan fingerprint density at radius 1 is 1.44 bits per heavy atom. The number of hydrogen-bond donors (Lipinski definition) is 2. The van der Waals surface area contributed by atoms with Crippen LogP contribution in [0.2, 0.25) is 0 Å². The molecule has 1 saturated carbocycles. The number of rotatable bonds is 5. The van der Waals surface area contributed by atoms with Crippen molar-refractivity contribution in [3.05, 3.63) is 11.6 Å². The minimum atomic E-state index is -0.794. The molecule has 0 aromatic rings. The fraction of sp³-hybridized carbons (Fsp3) is 0.769. The van der Waals surface area contributed by atoms with Crippen molar-refractivity contribution in [2.75, 3.05) is 6.54 Å². The molecule has 3 unspecified atom stereocenters. The molecular weight excluding hydrogens is 202 g/mol. The number of carbonyl (C=O) groups is 1. The first-order valence-electron chi connectivity index (χ1n) is 6.22. The van der Waals surface area contributed by atoms with E-state index in [2.05, 4.69) is 19.2 Å². The largest absolute Gasteiger partial charge is 0.478 e. The van der Waals surface area contributed by atoms with Gasteiger partial charge in [0.1, 0.15) is 0 Å². The quantitative estimate of drug-likeness (QED) is 0.706. The highest BCUT2D eigenvalue weighted by molar-refractivity contribution is 5.86. The van der Waals surface area contributed by atoms with Crippen LogP contribution in [0.3, 0.4) is 0 Å². The second-order valence-corrected chi connectivity index (χ2v) is 4.82. The van der Waals surface area contributed by atoms with E-state index in [1.807, 2.05) is 6.92 Å². The minimum Gasteiger partial charge on any atom is -0.478 e. The van der Waals surface area contributed by atoms with Gasteiger partial charge in [0, 0.05) is 18.2 Å². The Hall–Kier alpha value is -0.830. The summed E-state index contributed by atoms with van der Waals surface area (Å²) in [7, 11) is 0. The molecule has 3 atom stereocenters. The van der Waals surface area contributed by atoms with Gasteiger partial charge in [0.25, 0.3) is 0 Å². The molecule has 0 radical (unpaired) electrons. The van der Waals surface area contributed by atoms with Crippen molar-refractivity contribution in [1.82, 2.24) is 5.32 Å². The Morgan fingerprint density at radius 2 is 2.12 bits per heavy atom. The number of nitrogens with one attached hydrogen (secondary N) is 1. The Labute approximate surface area is 97.9 Å². The highest BCUT2D eigenvalue weighted by atomic mass is 16.4. The fourth-order valence-electron chi connectivity index (χ4n) is 2.37. The number of hydrogen-bond acceptors (Lipinski definition) is 2. The first-order valence-corrected chi connectivity index (χ1v) is 6.22. The van der Waals surface area contributed by atoms with Crippen molar-refractivity contribution in [2.45, 2.75) is 46.1 Å². The molecule has 0 saturated heterocycles. The molecule has 0 aromatic carbocycles. The maximum absolute atomic E-state index is 10.8. The lowest BCUT2D eigenvalue weighted by Gasteiger charge is -2.18. The third-order valence-corrected chi connectivity index (χ3v) is 3.85. The van der Waals surface area contributed by atoms with Crippen molar-refractivity contribution in [1.29, 1.82) is 0 Å². The van der Waals surface area contributed by atoms with E-state index < -0.39 is 5.97 Å². The summed E-state index contributed by atoms with van der Waals surface area (Å²) < 4.78 is 0. The normalized spacial score (nSPS) is 30.7. The second kappa shape index (κ2) is 6.04. The van der Waals surface area contributed by atoms with Gasteiger partial charge in [0.15, 0.2) is 0 Å². The summed E-state index contributed by atoms with van der Waals surface area (Å²) in [5, 5.41) is 12.3. The topological polar surface area (TPSA) is 49.3 Å². The molecule has 1 rings (SSSR count). The molecule has 0 heterocycles. The molecular formula is C13H23NO2. The van der Waals surface area contributed by atoms with Gasteiger partial charge in [0.05, 0.1) is 0 Å². The summed E-state index contributed by atoms with van der Waals surface area (Å²) >= 11 is 0. The summed E-state index contributed by atoms with van der Waals surface area (Å²) in [4.78, 5) is 10.8. The predicted molar refractivity (Wildman–Crippen MR) is 65.4 cm³/mol. The molecule has 0 amide bonds. The third-order valence-electron chi connectivity index (χ3n) is 3.85. The van der Waals surface area contributed by atoms with E-state index in [-0.39, 0.29) is 0 Å². The second-order valence-electron chi connectivity index (χ2n) is 4.82. The predicted octanol–water partition coefficient (Wildman–Crippen LogP) is 2.43. The Bertz CT molecular complexity index is 273. The smallest absolute Gasteiger partial charge is 0.331 e. The van der Waals surface area contributed by atoms with Crippen LogP contribution in [0.25, 0.3) is 0 Å². The highest BCUT2D eigenvalue weighted by Gasteiger charge is 2.28. The molecule has 3 heteroatoms. The van der Waals surface area contributed by atoms with E-state index in [1.165, 1.54) is 12.8 Å². The zero-order valence-electron chi connectivity index (χ0n) is 10.5. The van der Waals surface area contributed by atoms with Gasteiger partial charge in [-0.3, -0.25) is 0 Å². The van der Waals surface area contributed by atoms with E-state index in [9.17, 15) is 4.79 Å². The standard InChI is InChI=1S/C13H23NO2/c1-4-11(13(15)16)7-8-14-12-6-5-9(2)10(12)3/h7,9-10,12,14H,4-6,8H2,1-3H3,(H,15,16). The number of aliphatic carboxylic acids is 1. The van der Waals surface area contributed by atoms with Gasteiger partial charge in [-0.2, -0.15) is 0 Å².